The van der Waals surface area contributed by atoms with Crippen molar-refractivity contribution >= 4 is 28.3 Å². The zero-order chi connectivity index (χ0) is 15.7. The number of rotatable bonds is 3. The van der Waals surface area contributed by atoms with Gasteiger partial charge in [0.05, 0.1) is 5.57 Å². The van der Waals surface area contributed by atoms with Crippen LogP contribution in [0.2, 0.25) is 0 Å². The Kier molecular flexibility index (Phi) is 3.92. The van der Waals surface area contributed by atoms with Crippen LogP contribution in [0.25, 0.3) is 11.1 Å². The fraction of sp³-hybridized carbons (Fsp3) is 0.118. The number of phenols is 1. The summed E-state index contributed by atoms with van der Waals surface area (Å²) >= 11 is -1.04. The van der Waals surface area contributed by atoms with Gasteiger partial charge in [0.2, 0.25) is 0 Å². The van der Waals surface area contributed by atoms with E-state index in [1.807, 2.05) is 12.1 Å². The van der Waals surface area contributed by atoms with Crippen molar-refractivity contribution in [2.75, 3.05) is 12.9 Å². The highest BCUT2D eigenvalue weighted by atomic mass is 32.2. The van der Waals surface area contributed by atoms with E-state index >= 15 is 0 Å². The van der Waals surface area contributed by atoms with E-state index in [-0.39, 0.29) is 18.3 Å². The Hall–Kier alpha value is -2.24. The molecule has 2 aromatic rings. The van der Waals surface area contributed by atoms with Gasteiger partial charge < -0.3 is 14.4 Å². The summed E-state index contributed by atoms with van der Waals surface area (Å²) in [6.45, 7) is 0.212. The van der Waals surface area contributed by atoms with Crippen molar-refractivity contribution in [2.45, 2.75) is 4.90 Å². The number of cyclic esters (lactones) is 1. The molecule has 1 aliphatic heterocycles. The van der Waals surface area contributed by atoms with Gasteiger partial charge in [0.1, 0.15) is 18.6 Å². The lowest BCUT2D eigenvalue weighted by atomic mass is 9.97. The van der Waals surface area contributed by atoms with E-state index in [0.717, 1.165) is 16.0 Å². The van der Waals surface area contributed by atoms with E-state index in [1.54, 1.807) is 30.5 Å². The maximum Gasteiger partial charge on any atom is 0.339 e. The van der Waals surface area contributed by atoms with Crippen molar-refractivity contribution in [2.24, 2.45) is 0 Å². The predicted molar refractivity (Wildman–Crippen MR) is 84.7 cm³/mol. The second-order valence-corrected chi connectivity index (χ2v) is 6.33. The molecule has 22 heavy (non-hydrogen) atoms. The molecule has 0 aromatic heterocycles. The summed E-state index contributed by atoms with van der Waals surface area (Å²) in [6.07, 6.45) is 1.62. The minimum absolute atomic E-state index is 0.145. The lowest BCUT2D eigenvalue weighted by Gasteiger charge is -2.07. The average molecular weight is 314 g/mol. The van der Waals surface area contributed by atoms with Gasteiger partial charge in [-0.25, -0.2) is 4.79 Å². The zero-order valence-electron chi connectivity index (χ0n) is 11.9. The molecular formula is C17H14O4S. The normalized spacial score (nSPS) is 15.8. The van der Waals surface area contributed by atoms with Gasteiger partial charge in [0.25, 0.3) is 0 Å². The Labute approximate surface area is 131 Å². The second-order valence-electron chi connectivity index (χ2n) is 4.96. The average Bonchev–Trinajstić information content (AvgIpc) is 2.90. The van der Waals surface area contributed by atoms with Gasteiger partial charge in [-0.1, -0.05) is 12.1 Å². The summed E-state index contributed by atoms with van der Waals surface area (Å²) in [4.78, 5) is 12.8. The van der Waals surface area contributed by atoms with Crippen molar-refractivity contribution in [3.63, 3.8) is 0 Å². The number of esters is 1. The van der Waals surface area contributed by atoms with Crippen LogP contribution in [0.1, 0.15) is 11.1 Å². The molecule has 0 saturated heterocycles. The predicted octanol–water partition coefficient (Wildman–Crippen LogP) is 2.60. The first-order chi connectivity index (χ1) is 10.6. The highest BCUT2D eigenvalue weighted by Crippen LogP contribution is 2.33. The van der Waals surface area contributed by atoms with Gasteiger partial charge in [0.15, 0.2) is 4.90 Å². The van der Waals surface area contributed by atoms with Crippen LogP contribution in [0.5, 0.6) is 5.75 Å². The third kappa shape index (κ3) is 2.73. The van der Waals surface area contributed by atoms with E-state index in [1.165, 1.54) is 12.1 Å². The van der Waals surface area contributed by atoms with E-state index in [2.05, 4.69) is 0 Å². The highest BCUT2D eigenvalue weighted by molar-refractivity contribution is 7.90. The largest absolute Gasteiger partial charge is 0.612 e. The summed E-state index contributed by atoms with van der Waals surface area (Å²) in [6, 6.07) is 13.7. The summed E-state index contributed by atoms with van der Waals surface area (Å²) in [5.74, 6) is -0.226. The van der Waals surface area contributed by atoms with Gasteiger partial charge in [-0.3, -0.25) is 0 Å². The molecular weight excluding hydrogens is 300 g/mol. The van der Waals surface area contributed by atoms with E-state index in [4.69, 9.17) is 4.74 Å². The first kappa shape index (κ1) is 14.7. The van der Waals surface area contributed by atoms with E-state index < -0.39 is 11.2 Å². The molecule has 0 saturated carbocycles. The first-order valence-electron chi connectivity index (χ1n) is 6.70. The third-order valence-corrected chi connectivity index (χ3v) is 4.48. The third-order valence-electron chi connectivity index (χ3n) is 3.54. The number of hydrogen-bond donors (Lipinski definition) is 1. The first-order valence-corrected chi connectivity index (χ1v) is 8.25. The Balaban J connectivity index is 2.05. The molecule has 1 atom stereocenters. The number of ether oxygens (including phenoxy) is 1. The SMILES string of the molecule is C[S+]([O-])c1ccc(C2=C(c3ccc(O)cc3)C(=O)OC2)cc1. The minimum atomic E-state index is -1.04. The molecule has 0 amide bonds. The van der Waals surface area contributed by atoms with Crippen LogP contribution in [0.3, 0.4) is 0 Å². The standard InChI is InChI=1S/C17H14O4S/c1-22(20)14-8-4-11(5-9-14)15-10-21-17(19)16(15)12-2-6-13(18)7-3-12/h2-9,18H,10H2,1H3. The van der Waals surface area contributed by atoms with Crippen LogP contribution in [-0.2, 0) is 20.7 Å². The van der Waals surface area contributed by atoms with Crippen LogP contribution in [0, 0.1) is 0 Å². The summed E-state index contributed by atoms with van der Waals surface area (Å²) < 4.78 is 16.6. The van der Waals surface area contributed by atoms with E-state index in [0.29, 0.717) is 11.1 Å². The quantitative estimate of drug-likeness (QED) is 0.698. The molecule has 5 heteroatoms. The van der Waals surface area contributed by atoms with Gasteiger partial charge >= 0.3 is 5.97 Å². The van der Waals surface area contributed by atoms with Crippen molar-refractivity contribution in [3.8, 4) is 5.75 Å². The molecule has 0 aliphatic carbocycles. The van der Waals surface area contributed by atoms with Crippen LogP contribution >= 0.6 is 0 Å². The molecule has 1 N–H and O–H groups in total. The number of carbonyl (C=O) groups excluding carboxylic acids is 1. The molecule has 4 nitrogen and oxygen atoms in total. The zero-order valence-corrected chi connectivity index (χ0v) is 12.7. The fourth-order valence-corrected chi connectivity index (χ4v) is 2.92. The van der Waals surface area contributed by atoms with Gasteiger partial charge in [-0.15, -0.1) is 0 Å². The summed E-state index contributed by atoms with van der Waals surface area (Å²) in [5, 5.41) is 9.37. The molecule has 0 spiro atoms. The minimum Gasteiger partial charge on any atom is -0.612 e. The number of hydrogen-bond acceptors (Lipinski definition) is 4. The molecule has 112 valence electrons. The van der Waals surface area contributed by atoms with Crippen molar-refractivity contribution in [1.29, 1.82) is 0 Å². The Bertz CT molecular complexity index is 730. The lowest BCUT2D eigenvalue weighted by molar-refractivity contribution is -0.133. The monoisotopic (exact) mass is 314 g/mol. The summed E-state index contributed by atoms with van der Waals surface area (Å²) in [5.41, 5.74) is 2.87. The van der Waals surface area contributed by atoms with Gasteiger partial charge in [-0.05, 0) is 58.7 Å². The van der Waals surface area contributed by atoms with Crippen molar-refractivity contribution in [1.82, 2.24) is 0 Å². The number of phenolic OH excluding ortho intramolecular Hbond substituents is 1. The topological polar surface area (TPSA) is 69.6 Å². The molecule has 0 bridgehead atoms. The van der Waals surface area contributed by atoms with Crippen LogP contribution in [0.15, 0.2) is 53.4 Å². The molecule has 2 aromatic carbocycles. The molecule has 3 rings (SSSR count). The highest BCUT2D eigenvalue weighted by Gasteiger charge is 2.27. The second kappa shape index (κ2) is 5.87. The molecule has 0 fully saturated rings. The number of benzene rings is 2. The molecule has 1 aliphatic rings. The van der Waals surface area contributed by atoms with Crippen LogP contribution in [-0.4, -0.2) is 28.5 Å². The Morgan fingerprint density at radius 2 is 1.64 bits per heavy atom. The Morgan fingerprint density at radius 1 is 1.05 bits per heavy atom. The van der Waals surface area contributed by atoms with Crippen molar-refractivity contribution in [3.05, 3.63) is 59.7 Å². The maximum absolute atomic E-state index is 12.0. The maximum atomic E-state index is 12.0. The number of carbonyl (C=O) groups is 1. The smallest absolute Gasteiger partial charge is 0.339 e. The Morgan fingerprint density at radius 3 is 2.23 bits per heavy atom. The van der Waals surface area contributed by atoms with Crippen molar-refractivity contribution < 1.29 is 19.2 Å². The van der Waals surface area contributed by atoms with E-state index in [9.17, 15) is 14.5 Å². The molecule has 1 unspecified atom stereocenters. The fourth-order valence-electron chi connectivity index (χ4n) is 2.40. The molecule has 1 heterocycles. The summed E-state index contributed by atoms with van der Waals surface area (Å²) in [7, 11) is 0. The molecule has 0 radical (unpaired) electrons. The van der Waals surface area contributed by atoms with Gasteiger partial charge in [0, 0.05) is 5.57 Å². The van der Waals surface area contributed by atoms with Crippen LogP contribution < -0.4 is 0 Å². The van der Waals surface area contributed by atoms with Gasteiger partial charge in [-0.2, -0.15) is 0 Å². The lowest BCUT2D eigenvalue weighted by Crippen LogP contribution is -1.98. The van der Waals surface area contributed by atoms with Crippen LogP contribution in [0.4, 0.5) is 0 Å². The number of aromatic hydroxyl groups is 1.